The van der Waals surface area contributed by atoms with Crippen LogP contribution in [-0.2, 0) is 11.3 Å². The lowest BCUT2D eigenvalue weighted by Gasteiger charge is -2.15. The van der Waals surface area contributed by atoms with Crippen LogP contribution in [0.4, 0.5) is 4.39 Å². The molecule has 0 amide bonds. The van der Waals surface area contributed by atoms with Crippen LogP contribution in [-0.4, -0.2) is 41.3 Å². The summed E-state index contributed by atoms with van der Waals surface area (Å²) in [5.41, 5.74) is 1.31. The minimum Gasteiger partial charge on any atom is -0.376 e. The minimum absolute atomic E-state index is 0. The number of rotatable bonds is 6. The third-order valence-corrected chi connectivity index (χ3v) is 4.38. The van der Waals surface area contributed by atoms with E-state index in [4.69, 9.17) is 4.74 Å². The van der Waals surface area contributed by atoms with E-state index in [2.05, 4.69) is 20.6 Å². The third kappa shape index (κ3) is 5.90. The van der Waals surface area contributed by atoms with Gasteiger partial charge in [0.1, 0.15) is 11.6 Å². The van der Waals surface area contributed by atoms with Gasteiger partial charge in [0, 0.05) is 32.1 Å². The summed E-state index contributed by atoms with van der Waals surface area (Å²) in [6.07, 6.45) is 5.85. The Labute approximate surface area is 176 Å². The van der Waals surface area contributed by atoms with Crippen molar-refractivity contribution in [2.45, 2.75) is 39.3 Å². The lowest BCUT2D eigenvalue weighted by molar-refractivity contribution is 0.114. The highest BCUT2D eigenvalue weighted by Gasteiger charge is 2.15. The molecule has 0 saturated carbocycles. The Kier molecular flexibility index (Phi) is 8.49. The number of hydrogen-bond donors (Lipinski definition) is 2. The quantitative estimate of drug-likeness (QED) is 0.374. The SMILES string of the molecule is CCNC(=NCc1ccc(-n2ccnc2C)c(F)c1)NCC1CCCO1.I. The number of nitrogens with one attached hydrogen (secondary N) is 2. The molecule has 1 aromatic carbocycles. The van der Waals surface area contributed by atoms with Crippen molar-refractivity contribution in [2.24, 2.45) is 4.99 Å². The second kappa shape index (κ2) is 10.6. The average molecular weight is 487 g/mol. The van der Waals surface area contributed by atoms with Crippen LogP contribution in [0, 0.1) is 12.7 Å². The Morgan fingerprint density at radius 3 is 2.89 bits per heavy atom. The zero-order valence-corrected chi connectivity index (χ0v) is 18.1. The summed E-state index contributed by atoms with van der Waals surface area (Å²) >= 11 is 0. The molecule has 1 aliphatic heterocycles. The molecule has 2 aromatic rings. The average Bonchev–Trinajstić information content (AvgIpc) is 3.29. The predicted molar refractivity (Wildman–Crippen MR) is 115 cm³/mol. The fraction of sp³-hybridized carbons (Fsp3) is 0.474. The molecule has 0 aliphatic carbocycles. The first-order chi connectivity index (χ1) is 12.7. The molecule has 1 aliphatic rings. The molecule has 1 saturated heterocycles. The highest BCUT2D eigenvalue weighted by molar-refractivity contribution is 14.0. The molecule has 6 nitrogen and oxygen atoms in total. The van der Waals surface area contributed by atoms with Crippen molar-refractivity contribution in [1.29, 1.82) is 0 Å². The van der Waals surface area contributed by atoms with Crippen molar-refractivity contribution in [3.8, 4) is 5.69 Å². The summed E-state index contributed by atoms with van der Waals surface area (Å²) in [5, 5.41) is 6.51. The number of aryl methyl sites for hydroxylation is 1. The third-order valence-electron chi connectivity index (χ3n) is 4.38. The fourth-order valence-electron chi connectivity index (χ4n) is 3.00. The van der Waals surface area contributed by atoms with Crippen LogP contribution in [0.15, 0.2) is 35.6 Å². The van der Waals surface area contributed by atoms with Crippen LogP contribution in [0.1, 0.15) is 31.2 Å². The van der Waals surface area contributed by atoms with Gasteiger partial charge in [0.05, 0.1) is 18.3 Å². The molecule has 1 unspecified atom stereocenters. The second-order valence-electron chi connectivity index (χ2n) is 6.34. The van der Waals surface area contributed by atoms with Gasteiger partial charge < -0.3 is 19.9 Å². The van der Waals surface area contributed by atoms with Crippen LogP contribution < -0.4 is 10.6 Å². The van der Waals surface area contributed by atoms with Crippen LogP contribution >= 0.6 is 24.0 Å². The predicted octanol–water partition coefficient (Wildman–Crippen LogP) is 3.17. The molecule has 2 heterocycles. The van der Waals surface area contributed by atoms with Crippen LogP contribution in [0.3, 0.4) is 0 Å². The Hall–Kier alpha value is -1.68. The second-order valence-corrected chi connectivity index (χ2v) is 6.34. The number of hydrogen-bond acceptors (Lipinski definition) is 3. The Morgan fingerprint density at radius 1 is 1.41 bits per heavy atom. The molecule has 1 atom stereocenters. The van der Waals surface area contributed by atoms with Crippen molar-refractivity contribution < 1.29 is 9.13 Å². The van der Waals surface area contributed by atoms with Gasteiger partial charge in [-0.1, -0.05) is 6.07 Å². The molecule has 8 heteroatoms. The van der Waals surface area contributed by atoms with E-state index >= 15 is 0 Å². The summed E-state index contributed by atoms with van der Waals surface area (Å²) in [6.45, 7) is 6.61. The molecular formula is C19H27FIN5O. The number of aromatic nitrogens is 2. The summed E-state index contributed by atoms with van der Waals surface area (Å²) < 4.78 is 21.8. The largest absolute Gasteiger partial charge is 0.376 e. The number of guanidine groups is 1. The maximum absolute atomic E-state index is 14.5. The number of halogens is 2. The Balaban J connectivity index is 0.00000261. The van der Waals surface area contributed by atoms with Crippen molar-refractivity contribution in [2.75, 3.05) is 19.7 Å². The van der Waals surface area contributed by atoms with E-state index in [1.807, 2.05) is 19.9 Å². The maximum Gasteiger partial charge on any atom is 0.191 e. The van der Waals surface area contributed by atoms with Crippen molar-refractivity contribution in [1.82, 2.24) is 20.2 Å². The van der Waals surface area contributed by atoms with E-state index in [0.717, 1.165) is 49.9 Å². The van der Waals surface area contributed by atoms with E-state index in [1.54, 1.807) is 23.0 Å². The summed E-state index contributed by atoms with van der Waals surface area (Å²) in [5.74, 6) is 1.19. The smallest absolute Gasteiger partial charge is 0.191 e. The lowest BCUT2D eigenvalue weighted by atomic mass is 10.2. The molecule has 27 heavy (non-hydrogen) atoms. The zero-order valence-electron chi connectivity index (χ0n) is 15.7. The molecule has 148 valence electrons. The lowest BCUT2D eigenvalue weighted by Crippen LogP contribution is -2.41. The highest BCUT2D eigenvalue weighted by atomic mass is 127. The van der Waals surface area contributed by atoms with E-state index in [0.29, 0.717) is 12.2 Å². The molecule has 0 radical (unpaired) electrons. The van der Waals surface area contributed by atoms with Gasteiger partial charge in [0.15, 0.2) is 5.96 Å². The highest BCUT2D eigenvalue weighted by Crippen LogP contribution is 2.17. The first kappa shape index (κ1) is 21.6. The monoisotopic (exact) mass is 487 g/mol. The zero-order chi connectivity index (χ0) is 18.4. The number of benzene rings is 1. The van der Waals surface area contributed by atoms with Crippen molar-refractivity contribution in [3.63, 3.8) is 0 Å². The molecule has 1 aromatic heterocycles. The first-order valence-electron chi connectivity index (χ1n) is 9.10. The van der Waals surface area contributed by atoms with E-state index in [-0.39, 0.29) is 35.9 Å². The molecule has 0 spiro atoms. The van der Waals surface area contributed by atoms with E-state index < -0.39 is 0 Å². The first-order valence-corrected chi connectivity index (χ1v) is 9.10. The minimum atomic E-state index is -0.281. The fourth-order valence-corrected chi connectivity index (χ4v) is 3.00. The number of nitrogens with zero attached hydrogens (tertiary/aromatic N) is 3. The Morgan fingerprint density at radius 2 is 2.26 bits per heavy atom. The summed E-state index contributed by atoms with van der Waals surface area (Å²) in [7, 11) is 0. The van der Waals surface area contributed by atoms with Gasteiger partial charge in [-0.15, -0.1) is 24.0 Å². The standard InChI is InChI=1S/C19H26FN5O.HI/c1-3-21-19(24-13-16-5-4-10-26-16)23-12-15-6-7-18(17(20)11-15)25-9-8-22-14(25)2;/h6-9,11,16H,3-5,10,12-13H2,1-2H3,(H2,21,23,24);1H. The number of ether oxygens (including phenoxy) is 1. The number of aliphatic imine (C=N–C) groups is 1. The summed E-state index contributed by atoms with van der Waals surface area (Å²) in [6, 6.07) is 5.19. The number of imidazole rings is 1. The normalized spacial score (nSPS) is 16.9. The van der Waals surface area contributed by atoms with Crippen molar-refractivity contribution in [3.05, 3.63) is 47.8 Å². The van der Waals surface area contributed by atoms with E-state index in [1.165, 1.54) is 6.07 Å². The summed E-state index contributed by atoms with van der Waals surface area (Å²) in [4.78, 5) is 8.69. The molecule has 3 rings (SSSR count). The van der Waals surface area contributed by atoms with Gasteiger partial charge in [-0.05, 0) is 44.4 Å². The van der Waals surface area contributed by atoms with E-state index in [9.17, 15) is 4.39 Å². The van der Waals surface area contributed by atoms with Crippen LogP contribution in [0.2, 0.25) is 0 Å². The van der Waals surface area contributed by atoms with Crippen LogP contribution in [0.5, 0.6) is 0 Å². The van der Waals surface area contributed by atoms with Gasteiger partial charge in [0.2, 0.25) is 0 Å². The van der Waals surface area contributed by atoms with Gasteiger partial charge in [0.25, 0.3) is 0 Å². The van der Waals surface area contributed by atoms with Crippen LogP contribution in [0.25, 0.3) is 5.69 Å². The van der Waals surface area contributed by atoms with Crippen molar-refractivity contribution >= 4 is 29.9 Å². The maximum atomic E-state index is 14.5. The molecule has 0 bridgehead atoms. The van der Waals surface area contributed by atoms with Gasteiger partial charge in [-0.25, -0.2) is 14.4 Å². The molecular weight excluding hydrogens is 460 g/mol. The van der Waals surface area contributed by atoms with Gasteiger partial charge in [-0.2, -0.15) is 0 Å². The Bertz CT molecular complexity index is 758. The molecule has 1 fully saturated rings. The molecule has 2 N–H and O–H groups in total. The van der Waals surface area contributed by atoms with Gasteiger partial charge in [-0.3, -0.25) is 0 Å². The topological polar surface area (TPSA) is 63.5 Å². The van der Waals surface area contributed by atoms with Gasteiger partial charge >= 0.3 is 0 Å².